The van der Waals surface area contributed by atoms with Gasteiger partial charge in [0.05, 0.1) is 45.2 Å². The lowest BCUT2D eigenvalue weighted by atomic mass is 9.88. The third-order valence-electron chi connectivity index (χ3n) is 5.46. The van der Waals surface area contributed by atoms with Crippen molar-refractivity contribution in [3.05, 3.63) is 0 Å². The number of ether oxygens (including phenoxy) is 5. The second-order valence-electron chi connectivity index (χ2n) is 8.87. The zero-order chi connectivity index (χ0) is 28.0. The highest BCUT2D eigenvalue weighted by Gasteiger charge is 2.55. The molecule has 1 rings (SSSR count). The number of rotatable bonds is 17. The molecule has 6 unspecified atom stereocenters. The molecule has 1 heterocycles. The Morgan fingerprint density at radius 2 is 1.72 bits per heavy atom. The van der Waals surface area contributed by atoms with E-state index < -0.39 is 73.8 Å². The topological polar surface area (TPSA) is 223 Å². The van der Waals surface area contributed by atoms with Gasteiger partial charge in [0, 0.05) is 13.5 Å². The minimum atomic E-state index is -2.37. The summed E-state index contributed by atoms with van der Waals surface area (Å²) in [6, 6.07) is -1.42. The van der Waals surface area contributed by atoms with E-state index in [4.69, 9.17) is 23.7 Å². The Morgan fingerprint density at radius 3 is 2.28 bits per heavy atom. The lowest BCUT2D eigenvalue weighted by Gasteiger charge is -2.46. The molecular weight excluding hydrogens is 524 g/mol. The van der Waals surface area contributed by atoms with Gasteiger partial charge in [0.2, 0.25) is 5.91 Å². The molecule has 2 amide bonds. The Morgan fingerprint density at radius 1 is 1.08 bits per heavy atom. The zero-order valence-electron chi connectivity index (χ0n) is 21.3. The number of aliphatic hydroxyl groups is 4. The number of aliphatic carboxylic acids is 1. The van der Waals surface area contributed by atoms with Crippen LogP contribution in [0.25, 0.3) is 0 Å². The summed E-state index contributed by atoms with van der Waals surface area (Å²) in [6.45, 7) is 2.99. The first-order chi connectivity index (χ1) is 17.5. The third kappa shape index (κ3) is 13.2. The van der Waals surface area contributed by atoms with Crippen LogP contribution in [-0.4, -0.2) is 133 Å². The van der Waals surface area contributed by atoms with Gasteiger partial charge < -0.3 is 59.9 Å². The molecule has 6 atom stereocenters. The molecule has 7 N–H and O–H groups in total. The van der Waals surface area contributed by atoms with E-state index in [1.54, 1.807) is 0 Å². The molecule has 0 aliphatic carbocycles. The van der Waals surface area contributed by atoms with Crippen molar-refractivity contribution in [2.24, 2.45) is 5.92 Å². The summed E-state index contributed by atoms with van der Waals surface area (Å²) in [5.74, 6) is -4.61. The summed E-state index contributed by atoms with van der Waals surface area (Å²) < 4.78 is 25.8. The summed E-state index contributed by atoms with van der Waals surface area (Å²) in [4.78, 5) is 36.2. The van der Waals surface area contributed by atoms with E-state index in [2.05, 4.69) is 10.6 Å². The molecule has 0 aromatic carbocycles. The second-order valence-corrected chi connectivity index (χ2v) is 8.87. The SMILES string of the molecule is C.C.COCCOCCOC(=O)NCC(=O)NC1C(O)CC(OCCC(C)C)(C(=O)O)OC1C(O)C(O)CO. The summed E-state index contributed by atoms with van der Waals surface area (Å²) >= 11 is 0. The maximum Gasteiger partial charge on any atom is 0.407 e. The van der Waals surface area contributed by atoms with Crippen LogP contribution in [0.3, 0.4) is 0 Å². The molecule has 0 radical (unpaired) electrons. The number of nitrogens with one attached hydrogen (secondary N) is 2. The van der Waals surface area contributed by atoms with Gasteiger partial charge in [-0.25, -0.2) is 9.59 Å². The van der Waals surface area contributed by atoms with Crippen molar-refractivity contribution < 1.29 is 63.6 Å². The highest BCUT2D eigenvalue weighted by Crippen LogP contribution is 2.33. The van der Waals surface area contributed by atoms with E-state index in [0.29, 0.717) is 19.6 Å². The van der Waals surface area contributed by atoms with Gasteiger partial charge in [-0.05, 0) is 12.3 Å². The van der Waals surface area contributed by atoms with Gasteiger partial charge in [-0.1, -0.05) is 28.7 Å². The van der Waals surface area contributed by atoms with Crippen LogP contribution >= 0.6 is 0 Å². The Kier molecular flexibility index (Phi) is 19.9. The highest BCUT2D eigenvalue weighted by molar-refractivity contribution is 5.82. The minimum absolute atomic E-state index is 0. The molecule has 1 aliphatic heterocycles. The van der Waals surface area contributed by atoms with Crippen molar-refractivity contribution in [2.45, 2.75) is 77.8 Å². The minimum Gasteiger partial charge on any atom is -0.477 e. The van der Waals surface area contributed by atoms with Gasteiger partial charge in [-0.3, -0.25) is 4.79 Å². The number of aliphatic hydroxyl groups excluding tert-OH is 4. The Bertz CT molecular complexity index is 712. The summed E-state index contributed by atoms with van der Waals surface area (Å²) in [6.07, 6.45) is -8.04. The third-order valence-corrected chi connectivity index (χ3v) is 5.46. The molecule has 15 nitrogen and oxygen atoms in total. The van der Waals surface area contributed by atoms with Crippen LogP contribution in [0.1, 0.15) is 41.5 Å². The number of carbonyl (C=O) groups is 3. The van der Waals surface area contributed by atoms with Crippen molar-refractivity contribution in [1.29, 1.82) is 0 Å². The van der Waals surface area contributed by atoms with E-state index in [1.165, 1.54) is 7.11 Å². The van der Waals surface area contributed by atoms with Crippen LogP contribution in [0.15, 0.2) is 0 Å². The van der Waals surface area contributed by atoms with E-state index in [9.17, 15) is 39.9 Å². The molecule has 1 fully saturated rings. The molecule has 1 saturated heterocycles. The van der Waals surface area contributed by atoms with Crippen LogP contribution < -0.4 is 10.6 Å². The molecule has 1 aliphatic rings. The summed E-state index contributed by atoms with van der Waals surface area (Å²) in [5, 5.41) is 54.8. The van der Waals surface area contributed by atoms with Crippen molar-refractivity contribution in [3.8, 4) is 0 Å². The molecule has 0 bridgehead atoms. The fourth-order valence-corrected chi connectivity index (χ4v) is 3.38. The van der Waals surface area contributed by atoms with Crippen molar-refractivity contribution in [2.75, 3.05) is 53.3 Å². The number of carboxylic acid groups (broad SMARTS) is 1. The van der Waals surface area contributed by atoms with Crippen LogP contribution in [0.2, 0.25) is 0 Å². The van der Waals surface area contributed by atoms with Crippen LogP contribution in [0.5, 0.6) is 0 Å². The largest absolute Gasteiger partial charge is 0.477 e. The number of carbonyl (C=O) groups excluding carboxylic acids is 2. The van der Waals surface area contributed by atoms with Crippen molar-refractivity contribution in [3.63, 3.8) is 0 Å². The van der Waals surface area contributed by atoms with E-state index in [0.717, 1.165) is 0 Å². The zero-order valence-corrected chi connectivity index (χ0v) is 21.3. The molecule has 0 aromatic rings. The number of methoxy groups -OCH3 is 1. The average Bonchev–Trinajstić information content (AvgIpc) is 2.84. The second kappa shape index (κ2) is 19.9. The molecule has 15 heteroatoms. The molecule has 39 heavy (non-hydrogen) atoms. The standard InChI is InChI=1S/C22H40N2O13.2CH4/c1-13(2)4-5-36-22(20(30)31)10-14(26)17(19(37-22)18(29)15(27)12-25)24-16(28)11-23-21(32)35-9-8-34-7-6-33-3;;/h13-15,17-19,25-27,29H,4-12H2,1-3H3,(H,23,32)(H,24,28)(H,30,31);2*1H4. The Balaban J connectivity index is 0. The normalized spacial score (nSPS) is 24.1. The Hall–Kier alpha value is -2.11. The van der Waals surface area contributed by atoms with Gasteiger partial charge in [0.15, 0.2) is 0 Å². The molecule has 232 valence electrons. The summed E-state index contributed by atoms with van der Waals surface area (Å²) in [5.41, 5.74) is 0. The van der Waals surface area contributed by atoms with E-state index in [-0.39, 0.29) is 40.6 Å². The highest BCUT2D eigenvalue weighted by atomic mass is 16.7. The fraction of sp³-hybridized carbons (Fsp3) is 0.875. The summed E-state index contributed by atoms with van der Waals surface area (Å²) in [7, 11) is 1.51. The number of hydrogen-bond donors (Lipinski definition) is 7. The van der Waals surface area contributed by atoms with Gasteiger partial charge in [-0.15, -0.1) is 0 Å². The number of carboxylic acids is 1. The van der Waals surface area contributed by atoms with Gasteiger partial charge in [0.25, 0.3) is 5.79 Å². The maximum atomic E-state index is 12.4. The van der Waals surface area contributed by atoms with Crippen LogP contribution in [0.4, 0.5) is 4.79 Å². The molecule has 0 aromatic heterocycles. The predicted octanol–water partition coefficient (Wildman–Crippen LogP) is -1.16. The first kappa shape index (κ1) is 39.0. The lowest BCUT2D eigenvalue weighted by Crippen LogP contribution is -2.68. The number of hydrogen-bond acceptors (Lipinski definition) is 12. The average molecular weight is 573 g/mol. The lowest BCUT2D eigenvalue weighted by molar-refractivity contribution is -0.311. The number of amides is 2. The smallest absolute Gasteiger partial charge is 0.407 e. The molecular formula is C24H48N2O13. The Labute approximate surface area is 229 Å². The van der Waals surface area contributed by atoms with Crippen LogP contribution in [0, 0.1) is 5.92 Å². The van der Waals surface area contributed by atoms with Crippen molar-refractivity contribution in [1.82, 2.24) is 10.6 Å². The van der Waals surface area contributed by atoms with Crippen molar-refractivity contribution >= 4 is 18.0 Å². The van der Waals surface area contributed by atoms with Gasteiger partial charge in [-0.2, -0.15) is 0 Å². The number of alkyl carbamates (subject to hydrolysis) is 1. The monoisotopic (exact) mass is 572 g/mol. The predicted molar refractivity (Wildman–Crippen MR) is 138 cm³/mol. The first-order valence-electron chi connectivity index (χ1n) is 11.9. The van der Waals surface area contributed by atoms with Crippen LogP contribution in [-0.2, 0) is 33.3 Å². The quantitative estimate of drug-likeness (QED) is 0.102. The maximum absolute atomic E-state index is 12.4. The van der Waals surface area contributed by atoms with E-state index in [1.807, 2.05) is 13.8 Å². The molecule has 0 saturated carbocycles. The van der Waals surface area contributed by atoms with E-state index >= 15 is 0 Å². The first-order valence-corrected chi connectivity index (χ1v) is 11.9. The van der Waals surface area contributed by atoms with Gasteiger partial charge in [0.1, 0.15) is 31.5 Å². The van der Waals surface area contributed by atoms with Gasteiger partial charge >= 0.3 is 12.1 Å². The fourth-order valence-electron chi connectivity index (χ4n) is 3.38. The molecule has 0 spiro atoms.